The molecule has 4 heterocycles. The number of benzene rings is 9. The summed E-state index contributed by atoms with van der Waals surface area (Å²) in [4.78, 5) is 80.4. The molecule has 0 atom stereocenters. The molecule has 0 bridgehead atoms. The zero-order valence-electron chi connectivity index (χ0n) is 82.9. The third-order valence-corrected chi connectivity index (χ3v) is 25.8. The van der Waals surface area contributed by atoms with Gasteiger partial charge in [-0.2, -0.15) is 15.8 Å². The lowest BCUT2D eigenvalue weighted by Crippen LogP contribution is -2.42. The van der Waals surface area contributed by atoms with Gasteiger partial charge in [-0.05, 0) is 442 Å². The van der Waals surface area contributed by atoms with E-state index in [1.807, 2.05) is 273 Å². The second kappa shape index (κ2) is 58.9. The van der Waals surface area contributed by atoms with Gasteiger partial charge in [-0.25, -0.2) is 0 Å². The summed E-state index contributed by atoms with van der Waals surface area (Å²) in [5, 5.41) is 34.0. The van der Waals surface area contributed by atoms with Gasteiger partial charge in [0.2, 0.25) is 0 Å². The number of anilines is 5. The van der Waals surface area contributed by atoms with E-state index in [4.69, 9.17) is 22.6 Å². The highest BCUT2D eigenvalue weighted by atomic mass is 79.9. The second-order valence-electron chi connectivity index (χ2n) is 36.9. The van der Waals surface area contributed by atoms with E-state index < -0.39 is 5.24 Å². The number of carbonyl (C=O) groups is 5. The van der Waals surface area contributed by atoms with E-state index in [1.165, 1.54) is 44.3 Å². The van der Waals surface area contributed by atoms with Gasteiger partial charge in [0.05, 0.1) is 34.9 Å². The number of nitriles is 3. The van der Waals surface area contributed by atoms with Crippen molar-refractivity contribution in [2.24, 2.45) is 5.73 Å². The Morgan fingerprint density at radius 1 is 0.363 bits per heavy atom. The quantitative estimate of drug-likeness (QED) is 0.0567. The van der Waals surface area contributed by atoms with Crippen molar-refractivity contribution in [2.75, 3.05) is 88.6 Å². The van der Waals surface area contributed by atoms with Crippen molar-refractivity contribution >= 4 is 133 Å². The van der Waals surface area contributed by atoms with Crippen LogP contribution in [0.2, 0.25) is 0 Å². The highest BCUT2D eigenvalue weighted by molar-refractivity contribution is 9.11. The van der Waals surface area contributed by atoms with Crippen molar-refractivity contribution in [3.63, 3.8) is 0 Å². The van der Waals surface area contributed by atoms with Crippen molar-refractivity contribution in [1.82, 2.24) is 39.6 Å². The smallest absolute Gasteiger partial charge is 0.254 e. The van der Waals surface area contributed by atoms with Crippen molar-refractivity contribution < 1.29 is 24.0 Å². The Labute approximate surface area is 845 Å². The zero-order valence-corrected chi connectivity index (χ0v) is 90.0. The first-order chi connectivity index (χ1) is 64.1. The molecule has 4 N–H and O–H groups in total. The average molecular weight is 2110 g/mol. The summed E-state index contributed by atoms with van der Waals surface area (Å²) >= 11 is 18.5. The molecule has 724 valence electrons. The average Bonchev–Trinajstić information content (AvgIpc) is 0.818. The number of carbonyl (C=O) groups excluding carboxylic acids is 5. The Morgan fingerprint density at radius 2 is 0.652 bits per heavy atom. The number of nitrogens with one attached hydrogen (secondary N) is 2. The number of piperidine rings is 4. The molecule has 25 heteroatoms. The van der Waals surface area contributed by atoms with E-state index in [2.05, 4.69) is 197 Å². The van der Waals surface area contributed by atoms with E-state index in [1.54, 1.807) is 24.3 Å². The van der Waals surface area contributed by atoms with E-state index in [-0.39, 0.29) is 72.0 Å². The van der Waals surface area contributed by atoms with Crippen LogP contribution >= 0.6 is 75.3 Å². The highest BCUT2D eigenvalue weighted by Gasteiger charge is 2.31. The number of hydrogen-bond donors (Lipinski definition) is 3. The predicted molar refractivity (Wildman–Crippen MR) is 573 cm³/mol. The summed E-state index contributed by atoms with van der Waals surface area (Å²) < 4.78 is 4.07. The molecule has 135 heavy (non-hydrogen) atoms. The summed E-state index contributed by atoms with van der Waals surface area (Å²) in [6.45, 7) is 43.5. The number of amides is 4. The molecule has 0 aliphatic carbocycles. The van der Waals surface area contributed by atoms with Gasteiger partial charge in [-0.1, -0.05) is 99.6 Å². The molecule has 0 aromatic heterocycles. The number of halogens is 5. The largest absolute Gasteiger partial charge is 0.382 e. The lowest BCUT2D eigenvalue weighted by molar-refractivity contribution is 0.0634. The first-order valence-corrected chi connectivity index (χ1v) is 50.8. The van der Waals surface area contributed by atoms with E-state index in [0.717, 1.165) is 128 Å². The lowest BCUT2D eigenvalue weighted by Gasteiger charge is -2.39. The van der Waals surface area contributed by atoms with Gasteiger partial charge in [-0.3, -0.25) is 24.0 Å². The number of likely N-dealkylation sites (tertiary alicyclic amines) is 3. The molecular formula is C110H144Br4ClN15O5. The predicted octanol–water partition coefficient (Wildman–Crippen LogP) is 24.9. The molecule has 4 amide bonds. The third kappa shape index (κ3) is 38.4. The van der Waals surface area contributed by atoms with E-state index in [0.29, 0.717) is 52.0 Å². The van der Waals surface area contributed by atoms with Crippen molar-refractivity contribution in [1.29, 1.82) is 15.8 Å². The van der Waals surface area contributed by atoms with Gasteiger partial charge < -0.3 is 60.5 Å². The Kier molecular flexibility index (Phi) is 49.8. The maximum absolute atomic E-state index is 13.1. The number of aryl methyl sites for hydroxylation is 1. The summed E-state index contributed by atoms with van der Waals surface area (Å²) in [7, 11) is 6.46. The van der Waals surface area contributed by atoms with Crippen LogP contribution in [0.4, 0.5) is 28.4 Å². The van der Waals surface area contributed by atoms with Gasteiger partial charge in [0.15, 0.2) is 0 Å². The minimum absolute atomic E-state index is 0.0615. The minimum atomic E-state index is -0.424. The van der Waals surface area contributed by atoms with Crippen LogP contribution in [0.1, 0.15) is 236 Å². The van der Waals surface area contributed by atoms with E-state index in [9.17, 15) is 34.5 Å². The monoisotopic (exact) mass is 2110 g/mol. The van der Waals surface area contributed by atoms with Crippen LogP contribution < -0.4 is 26.2 Å². The molecule has 4 fully saturated rings. The zero-order chi connectivity index (χ0) is 99.7. The minimum Gasteiger partial charge on any atom is -0.382 e. The number of nitrogens with two attached hydrogens (primary N) is 1. The fraction of sp³-hybridized carbons (Fsp3) is 0.436. The molecule has 9 aromatic rings. The molecule has 13 rings (SSSR count). The molecular weight excluding hydrogens is 1970 g/mol. The molecule has 0 radical (unpaired) electrons. The fourth-order valence-corrected chi connectivity index (χ4v) is 18.2. The van der Waals surface area contributed by atoms with Crippen LogP contribution in [-0.4, -0.2) is 209 Å². The summed E-state index contributed by atoms with van der Waals surface area (Å²) in [5.74, 6) is 0.315. The first kappa shape index (κ1) is 114. The number of hydrogen-bond acceptors (Lipinski definition) is 16. The SMILES string of the molecule is CC(C)N(C(=O)c1ccc(Br)cc1)C(C)C.CC(C)N(C(=O)c1ccc(Br)cc1)C(C)C.CC(C)N(C(=O)c1ccc(N(c2cccc(C#N)c2)C2CCN(C)CC2)cc1)C(C)C.CC(C)N(C(=O)c1ccc(N(c2cccc(C#N)c2)C2CCNCC2)cc1)C(C)C.CN1CCC(N)CC1.CN1CCC(Nc2cccc(C#N)c2)CC1.Cc1cccc(Br)c1.O=C(Cl)c1ccc(Br)cc1. The van der Waals surface area contributed by atoms with Gasteiger partial charge in [0.25, 0.3) is 28.9 Å². The number of rotatable bonds is 21. The third-order valence-electron chi connectivity index (χ3n) is 23.5. The highest BCUT2D eigenvalue weighted by Crippen LogP contribution is 2.36. The molecule has 4 aliphatic rings. The molecule has 0 unspecified atom stereocenters. The molecule has 20 nitrogen and oxygen atoms in total. The van der Waals surface area contributed by atoms with Gasteiger partial charge in [0.1, 0.15) is 0 Å². The Morgan fingerprint density at radius 3 is 0.948 bits per heavy atom. The maximum Gasteiger partial charge on any atom is 0.254 e. The van der Waals surface area contributed by atoms with Crippen LogP contribution in [0.3, 0.4) is 0 Å². The van der Waals surface area contributed by atoms with Gasteiger partial charge in [-0.15, -0.1) is 0 Å². The van der Waals surface area contributed by atoms with Crippen molar-refractivity contribution in [2.45, 2.75) is 242 Å². The maximum atomic E-state index is 13.1. The lowest BCUT2D eigenvalue weighted by atomic mass is 10.0. The molecule has 0 spiro atoms. The van der Waals surface area contributed by atoms with Crippen LogP contribution in [0.25, 0.3) is 0 Å². The van der Waals surface area contributed by atoms with Crippen LogP contribution in [0.5, 0.6) is 0 Å². The summed E-state index contributed by atoms with van der Waals surface area (Å²) in [5.41, 5.74) is 17.6. The molecule has 9 aromatic carbocycles. The molecule has 0 saturated carbocycles. The summed E-state index contributed by atoms with van der Waals surface area (Å²) in [6, 6.07) is 79.1. The Balaban J connectivity index is 0.000000248. The van der Waals surface area contributed by atoms with Gasteiger partial charge in [0, 0.05) is 147 Å². The molecule has 4 aliphatic heterocycles. The Hall–Kier alpha value is -9.59. The summed E-state index contributed by atoms with van der Waals surface area (Å²) in [6.07, 6.45) is 8.89. The normalized spacial score (nSPS) is 14.2. The van der Waals surface area contributed by atoms with Gasteiger partial charge >= 0.3 is 0 Å². The van der Waals surface area contributed by atoms with Crippen molar-refractivity contribution in [3.8, 4) is 18.2 Å². The van der Waals surface area contributed by atoms with Crippen LogP contribution in [0, 0.1) is 40.9 Å². The standard InChI is InChI=1S/C26H34N4O.C25H32N4O.2C13H18BrNO.C13H17N3.C7H4BrClO.C7H7Br.C6H14N2/c1-19(2)29(20(3)4)26(31)22-9-11-23(12-10-22)30(24-13-15-28(5)16-14-24)25-8-6-7-21(17-25)18-27;1-18(2)28(19(3)4)25(30)21-8-10-22(11-9-21)29(23-12-14-27-15-13-23)24-7-5-6-20(16-24)17-26;2*1-9(2)15(10(3)4)13(16)11-5-7-12(14)8-6-11;1-16-7-5-12(6-8-16)15-13-4-2-3-11(9-13)10-14;8-6-3-1-5(2-4-6)7(9)10;1-6-3-2-4-7(8)5-6;1-8-4-2-6(7)3-5-8/h6-12,17,19-20,24H,13-16H2,1-5H3;5-11,16,18-19,23,27H,12-15H2,1-4H3;2*5-10H,1-4H3;2-4,9,12,15H,5-8H2,1H3;1-4H;2-5H,1H3;6H,2-5,7H2,1H3. The van der Waals surface area contributed by atoms with Crippen molar-refractivity contribution in [3.05, 3.63) is 286 Å². The van der Waals surface area contributed by atoms with E-state index >= 15 is 0 Å². The molecule has 4 saturated heterocycles. The number of nitrogens with zero attached hydrogens (tertiary/aromatic N) is 12. The Bertz CT molecular complexity index is 5090. The first-order valence-electron chi connectivity index (χ1n) is 47.2. The van der Waals surface area contributed by atoms with Crippen LogP contribution in [0.15, 0.2) is 236 Å². The second-order valence-corrected chi connectivity index (χ2v) is 40.9. The van der Waals surface area contributed by atoms with Crippen LogP contribution in [-0.2, 0) is 0 Å². The topological polar surface area (TPSA) is 236 Å². The fourth-order valence-electron chi connectivity index (χ4n) is 16.8.